The molecule has 2 aromatic rings. The Bertz CT molecular complexity index is 482. The predicted octanol–water partition coefficient (Wildman–Crippen LogP) is 0.873. The van der Waals surface area contributed by atoms with E-state index in [1.165, 1.54) is 11.0 Å². The summed E-state index contributed by atoms with van der Waals surface area (Å²) in [5.41, 5.74) is 1.20. The number of carbonyl (C=O) groups is 1. The van der Waals surface area contributed by atoms with Gasteiger partial charge in [0, 0.05) is 0 Å². The molecule has 1 aromatic heterocycles. The Morgan fingerprint density at radius 1 is 1.50 bits per heavy atom. The fraction of sp³-hybridized carbons (Fsp3) is 0.200. The van der Waals surface area contributed by atoms with Crippen molar-refractivity contribution in [1.82, 2.24) is 20.2 Å². The average molecular weight is 218 g/mol. The molecule has 6 nitrogen and oxygen atoms in total. The molecule has 0 bridgehead atoms. The molecule has 0 saturated heterocycles. The lowest BCUT2D eigenvalue weighted by Crippen LogP contribution is -2.00. The lowest BCUT2D eigenvalue weighted by molar-refractivity contribution is 0.112. The van der Waals surface area contributed by atoms with Gasteiger partial charge >= 0.3 is 0 Å². The fourth-order valence-corrected chi connectivity index (χ4v) is 1.34. The normalized spacial score (nSPS) is 10.1. The third-order valence-electron chi connectivity index (χ3n) is 2.03. The van der Waals surface area contributed by atoms with Crippen LogP contribution in [0.4, 0.5) is 0 Å². The summed E-state index contributed by atoms with van der Waals surface area (Å²) < 4.78 is 6.78. The van der Waals surface area contributed by atoms with Crippen LogP contribution in [0.2, 0.25) is 0 Å². The first-order valence-electron chi connectivity index (χ1n) is 4.80. The molecule has 0 atom stereocenters. The van der Waals surface area contributed by atoms with Gasteiger partial charge in [0.15, 0.2) is 6.29 Å². The molecule has 0 radical (unpaired) electrons. The average Bonchev–Trinajstić information content (AvgIpc) is 2.83. The minimum atomic E-state index is 0.481. The molecule has 82 valence electrons. The van der Waals surface area contributed by atoms with Crippen LogP contribution in [0.15, 0.2) is 24.5 Å². The number of tetrazole rings is 1. The molecule has 0 aliphatic carbocycles. The third-order valence-corrected chi connectivity index (χ3v) is 2.03. The topological polar surface area (TPSA) is 69.9 Å². The van der Waals surface area contributed by atoms with E-state index >= 15 is 0 Å². The lowest BCUT2D eigenvalue weighted by Gasteiger charge is -2.07. The van der Waals surface area contributed by atoms with Crippen LogP contribution in [0.3, 0.4) is 0 Å². The summed E-state index contributed by atoms with van der Waals surface area (Å²) in [5, 5.41) is 10.8. The van der Waals surface area contributed by atoms with Crippen molar-refractivity contribution in [2.24, 2.45) is 0 Å². The molecule has 0 aliphatic rings. The van der Waals surface area contributed by atoms with Crippen molar-refractivity contribution >= 4 is 6.29 Å². The van der Waals surface area contributed by atoms with E-state index in [1.807, 2.05) is 6.92 Å². The summed E-state index contributed by atoms with van der Waals surface area (Å²) in [5.74, 6) is 0.564. The minimum absolute atomic E-state index is 0.481. The Kier molecular flexibility index (Phi) is 2.90. The summed E-state index contributed by atoms with van der Waals surface area (Å²) in [6.45, 7) is 2.38. The summed E-state index contributed by atoms with van der Waals surface area (Å²) >= 11 is 0. The van der Waals surface area contributed by atoms with E-state index in [2.05, 4.69) is 15.5 Å². The molecule has 1 heterocycles. The highest BCUT2D eigenvalue weighted by atomic mass is 16.5. The van der Waals surface area contributed by atoms with Crippen LogP contribution in [0.5, 0.6) is 5.75 Å². The second-order valence-corrected chi connectivity index (χ2v) is 3.03. The molecule has 0 amide bonds. The molecular formula is C10H10N4O2. The van der Waals surface area contributed by atoms with E-state index < -0.39 is 0 Å². The molecule has 16 heavy (non-hydrogen) atoms. The Balaban J connectivity index is 2.40. The lowest BCUT2D eigenvalue weighted by atomic mass is 10.2. The molecule has 0 saturated carbocycles. The van der Waals surface area contributed by atoms with Gasteiger partial charge < -0.3 is 4.74 Å². The van der Waals surface area contributed by atoms with Gasteiger partial charge in [0.1, 0.15) is 12.1 Å². The Morgan fingerprint density at radius 3 is 3.00 bits per heavy atom. The summed E-state index contributed by atoms with van der Waals surface area (Å²) in [6, 6.07) is 5.19. The number of aldehydes is 1. The van der Waals surface area contributed by atoms with Crippen molar-refractivity contribution in [3.8, 4) is 11.4 Å². The van der Waals surface area contributed by atoms with E-state index in [9.17, 15) is 4.79 Å². The van der Waals surface area contributed by atoms with Gasteiger partial charge in [-0.25, -0.2) is 4.68 Å². The molecule has 6 heteroatoms. The Hall–Kier alpha value is -2.24. The van der Waals surface area contributed by atoms with Crippen LogP contribution in [0.1, 0.15) is 17.3 Å². The van der Waals surface area contributed by atoms with E-state index in [4.69, 9.17) is 4.74 Å². The zero-order valence-corrected chi connectivity index (χ0v) is 8.70. The quantitative estimate of drug-likeness (QED) is 0.712. The zero-order chi connectivity index (χ0) is 11.4. The van der Waals surface area contributed by atoms with Gasteiger partial charge in [-0.05, 0) is 35.5 Å². The summed E-state index contributed by atoms with van der Waals surface area (Å²) in [4.78, 5) is 10.9. The number of nitrogens with zero attached hydrogens (tertiary/aromatic N) is 4. The molecule has 1 aromatic carbocycles. The number of benzene rings is 1. The highest BCUT2D eigenvalue weighted by Gasteiger charge is 2.05. The van der Waals surface area contributed by atoms with E-state index in [0.717, 1.165) is 12.0 Å². The van der Waals surface area contributed by atoms with Crippen molar-refractivity contribution < 1.29 is 9.53 Å². The SMILES string of the molecule is CCOc1ccc(-n2cnnn2)cc1C=O. The first-order valence-corrected chi connectivity index (χ1v) is 4.80. The molecule has 2 rings (SSSR count). The van der Waals surface area contributed by atoms with Crippen molar-refractivity contribution in [1.29, 1.82) is 0 Å². The molecule has 0 fully saturated rings. The summed E-state index contributed by atoms with van der Waals surface area (Å²) in [7, 11) is 0. The van der Waals surface area contributed by atoms with Gasteiger partial charge in [-0.15, -0.1) is 5.10 Å². The monoisotopic (exact) mass is 218 g/mol. The number of aromatic nitrogens is 4. The van der Waals surface area contributed by atoms with Gasteiger partial charge in [0.25, 0.3) is 0 Å². The molecule has 0 spiro atoms. The number of ether oxygens (including phenoxy) is 1. The van der Waals surface area contributed by atoms with Crippen LogP contribution in [0, 0.1) is 0 Å². The first-order chi connectivity index (χ1) is 7.85. The van der Waals surface area contributed by atoms with Crippen molar-refractivity contribution in [3.05, 3.63) is 30.1 Å². The third kappa shape index (κ3) is 1.90. The first kappa shape index (κ1) is 10.3. The fourth-order valence-electron chi connectivity index (χ4n) is 1.34. The minimum Gasteiger partial charge on any atom is -0.493 e. The maximum Gasteiger partial charge on any atom is 0.153 e. The second-order valence-electron chi connectivity index (χ2n) is 3.03. The molecule has 0 aliphatic heterocycles. The second kappa shape index (κ2) is 4.52. The molecule has 0 unspecified atom stereocenters. The Morgan fingerprint density at radius 2 is 2.38 bits per heavy atom. The van der Waals surface area contributed by atoms with Crippen LogP contribution in [-0.4, -0.2) is 33.1 Å². The van der Waals surface area contributed by atoms with E-state index in [0.29, 0.717) is 17.9 Å². The standard InChI is InChI=1S/C10H10N4O2/c1-2-16-10-4-3-9(5-8(10)6-15)14-7-11-12-13-14/h3-7H,2H2,1H3. The molecular weight excluding hydrogens is 208 g/mol. The highest BCUT2D eigenvalue weighted by molar-refractivity contribution is 5.80. The Labute approximate surface area is 91.8 Å². The highest BCUT2D eigenvalue weighted by Crippen LogP contribution is 2.19. The predicted molar refractivity (Wildman–Crippen MR) is 55.7 cm³/mol. The largest absolute Gasteiger partial charge is 0.493 e. The van der Waals surface area contributed by atoms with Crippen LogP contribution in [-0.2, 0) is 0 Å². The van der Waals surface area contributed by atoms with Gasteiger partial charge in [-0.3, -0.25) is 4.79 Å². The van der Waals surface area contributed by atoms with Crippen LogP contribution < -0.4 is 4.74 Å². The van der Waals surface area contributed by atoms with Gasteiger partial charge in [-0.1, -0.05) is 0 Å². The van der Waals surface area contributed by atoms with Crippen molar-refractivity contribution in [3.63, 3.8) is 0 Å². The van der Waals surface area contributed by atoms with Gasteiger partial charge in [0.05, 0.1) is 17.9 Å². The maximum absolute atomic E-state index is 10.9. The smallest absolute Gasteiger partial charge is 0.153 e. The number of rotatable bonds is 4. The van der Waals surface area contributed by atoms with Crippen LogP contribution in [0.25, 0.3) is 5.69 Å². The van der Waals surface area contributed by atoms with Crippen molar-refractivity contribution in [2.75, 3.05) is 6.61 Å². The molecule has 0 N–H and O–H groups in total. The number of carbonyl (C=O) groups excluding carboxylic acids is 1. The van der Waals surface area contributed by atoms with Gasteiger partial charge in [-0.2, -0.15) is 0 Å². The zero-order valence-electron chi connectivity index (χ0n) is 8.70. The van der Waals surface area contributed by atoms with Crippen LogP contribution >= 0.6 is 0 Å². The van der Waals surface area contributed by atoms with Crippen molar-refractivity contribution in [2.45, 2.75) is 6.92 Å². The maximum atomic E-state index is 10.9. The number of hydrogen-bond acceptors (Lipinski definition) is 5. The van der Waals surface area contributed by atoms with E-state index in [1.54, 1.807) is 18.2 Å². The number of hydrogen-bond donors (Lipinski definition) is 0. The van der Waals surface area contributed by atoms with E-state index in [-0.39, 0.29) is 0 Å². The summed E-state index contributed by atoms with van der Waals surface area (Å²) in [6.07, 6.45) is 2.21. The van der Waals surface area contributed by atoms with Gasteiger partial charge in [0.2, 0.25) is 0 Å².